The van der Waals surface area contributed by atoms with Gasteiger partial charge in [0.2, 0.25) is 0 Å². The highest BCUT2D eigenvalue weighted by Crippen LogP contribution is 2.30. The van der Waals surface area contributed by atoms with Gasteiger partial charge in [-0.25, -0.2) is 4.79 Å². The van der Waals surface area contributed by atoms with Crippen LogP contribution in [0.4, 0.5) is 0 Å². The summed E-state index contributed by atoms with van der Waals surface area (Å²) >= 11 is 0. The van der Waals surface area contributed by atoms with Gasteiger partial charge in [0.1, 0.15) is 36.0 Å². The average molecular weight is 423 g/mol. The second kappa shape index (κ2) is 9.38. The van der Waals surface area contributed by atoms with Gasteiger partial charge in [0.05, 0.1) is 12.7 Å². The van der Waals surface area contributed by atoms with E-state index in [1.54, 1.807) is 25.3 Å². The molecule has 0 saturated heterocycles. The van der Waals surface area contributed by atoms with Crippen LogP contribution in [0.5, 0.6) is 17.2 Å². The van der Waals surface area contributed by atoms with Crippen molar-refractivity contribution in [3.8, 4) is 17.2 Å². The second-order valence-corrected chi connectivity index (χ2v) is 7.42. The van der Waals surface area contributed by atoms with Crippen LogP contribution >= 0.6 is 0 Å². The Hall–Kier alpha value is -3.74. The van der Waals surface area contributed by atoms with Gasteiger partial charge in [0.15, 0.2) is 0 Å². The first-order valence-corrected chi connectivity index (χ1v) is 9.79. The van der Waals surface area contributed by atoms with Crippen molar-refractivity contribution in [3.63, 3.8) is 0 Å². The van der Waals surface area contributed by atoms with Gasteiger partial charge in [-0.3, -0.25) is 4.79 Å². The number of hydrogen-bond acceptors (Lipinski definition) is 5. The number of ether oxygens (including phenoxy) is 3. The van der Waals surface area contributed by atoms with E-state index in [0.29, 0.717) is 17.2 Å². The minimum absolute atomic E-state index is 0.188. The van der Waals surface area contributed by atoms with Crippen molar-refractivity contribution in [3.05, 3.63) is 66.2 Å². The van der Waals surface area contributed by atoms with Gasteiger partial charge in [-0.2, -0.15) is 0 Å². The molecule has 0 aliphatic heterocycles. The summed E-state index contributed by atoms with van der Waals surface area (Å²) in [7, 11) is 1.58. The first-order valence-electron chi connectivity index (χ1n) is 9.79. The number of amides is 1. The number of methoxy groups -OCH3 is 1. The summed E-state index contributed by atoms with van der Waals surface area (Å²) in [5, 5.41) is 13.5. The highest BCUT2D eigenvalue weighted by Gasteiger charge is 2.30. The number of carboxylic acid groups (broad SMARTS) is 1. The van der Waals surface area contributed by atoms with Crippen molar-refractivity contribution in [1.29, 1.82) is 0 Å². The van der Waals surface area contributed by atoms with E-state index >= 15 is 0 Å². The lowest BCUT2D eigenvalue weighted by atomic mass is 10.0. The predicted molar refractivity (Wildman–Crippen MR) is 117 cm³/mol. The molecule has 0 atom stereocenters. The molecule has 0 unspecified atom stereocenters. The molecule has 3 aromatic carbocycles. The quantitative estimate of drug-likeness (QED) is 0.507. The molecule has 2 N–H and O–H groups in total. The number of rotatable bonds is 9. The Kier molecular flexibility index (Phi) is 6.65. The van der Waals surface area contributed by atoms with E-state index in [2.05, 4.69) is 5.32 Å². The number of carboxylic acids is 1. The average Bonchev–Trinajstić information content (AvgIpc) is 2.76. The lowest BCUT2D eigenvalue weighted by Gasteiger charge is -2.22. The molecule has 3 aromatic rings. The van der Waals surface area contributed by atoms with Crippen LogP contribution in [0, 0.1) is 0 Å². The molecule has 7 nitrogen and oxygen atoms in total. The number of aliphatic carboxylic acids is 1. The van der Waals surface area contributed by atoms with Crippen LogP contribution in [0.2, 0.25) is 0 Å². The van der Waals surface area contributed by atoms with E-state index < -0.39 is 17.4 Å². The molecule has 0 spiro atoms. The smallest absolute Gasteiger partial charge is 0.328 e. The molecule has 0 bridgehead atoms. The molecular weight excluding hydrogens is 398 g/mol. The van der Waals surface area contributed by atoms with Gasteiger partial charge in [-0.05, 0) is 37.4 Å². The van der Waals surface area contributed by atoms with Gasteiger partial charge in [0, 0.05) is 11.5 Å². The van der Waals surface area contributed by atoms with E-state index in [0.717, 1.165) is 10.8 Å². The fraction of sp³-hybridized carbons (Fsp3) is 0.250. The standard InChI is InChI=1S/C24H25NO6/c1-24(2,23(27)28)25-22(26)20-12-11-16-7-4-5-10-19(16)21(20)31-14-13-30-18-9-6-8-17(15-18)29-3/h4-12,15H,13-14H2,1-3H3,(H,25,26)(H,27,28). The highest BCUT2D eigenvalue weighted by molar-refractivity contribution is 6.05. The van der Waals surface area contributed by atoms with Crippen molar-refractivity contribution in [2.75, 3.05) is 20.3 Å². The van der Waals surface area contributed by atoms with Crippen LogP contribution in [-0.4, -0.2) is 42.8 Å². The van der Waals surface area contributed by atoms with E-state index in [1.165, 1.54) is 13.8 Å². The Morgan fingerprint density at radius 3 is 2.39 bits per heavy atom. The number of benzene rings is 3. The Bertz CT molecular complexity index is 1090. The summed E-state index contributed by atoms with van der Waals surface area (Å²) in [5.41, 5.74) is -1.16. The molecule has 0 aliphatic carbocycles. The SMILES string of the molecule is COc1cccc(OCCOc2c(C(=O)NC(C)(C)C(=O)O)ccc3ccccc23)c1. The first kappa shape index (κ1) is 22.0. The minimum Gasteiger partial charge on any atom is -0.497 e. The molecule has 7 heteroatoms. The molecule has 1 amide bonds. The molecule has 0 aliphatic rings. The zero-order valence-corrected chi connectivity index (χ0v) is 17.7. The fourth-order valence-electron chi connectivity index (χ4n) is 2.98. The predicted octanol–water partition coefficient (Wildman–Crippen LogP) is 3.90. The number of hydrogen-bond donors (Lipinski definition) is 2. The summed E-state index contributed by atoms with van der Waals surface area (Å²) in [5.74, 6) is 0.0539. The Labute approximate surface area is 180 Å². The number of carbonyl (C=O) groups is 2. The number of carbonyl (C=O) groups excluding carboxylic acids is 1. The van der Waals surface area contributed by atoms with E-state index in [1.807, 2.05) is 42.5 Å². The van der Waals surface area contributed by atoms with Crippen molar-refractivity contribution >= 4 is 22.6 Å². The van der Waals surface area contributed by atoms with Crippen molar-refractivity contribution < 1.29 is 28.9 Å². The van der Waals surface area contributed by atoms with Crippen LogP contribution < -0.4 is 19.5 Å². The number of nitrogens with one attached hydrogen (secondary N) is 1. The molecule has 162 valence electrons. The largest absolute Gasteiger partial charge is 0.497 e. The molecule has 0 saturated carbocycles. The lowest BCUT2D eigenvalue weighted by molar-refractivity contribution is -0.143. The summed E-state index contributed by atoms with van der Waals surface area (Å²) in [6, 6.07) is 18.2. The van der Waals surface area contributed by atoms with Crippen molar-refractivity contribution in [2.45, 2.75) is 19.4 Å². The van der Waals surface area contributed by atoms with Gasteiger partial charge in [-0.1, -0.05) is 36.4 Å². The molecule has 3 rings (SSSR count). The molecule has 31 heavy (non-hydrogen) atoms. The summed E-state index contributed by atoms with van der Waals surface area (Å²) in [6.45, 7) is 3.29. The van der Waals surface area contributed by atoms with E-state index in [-0.39, 0.29) is 18.8 Å². The topological polar surface area (TPSA) is 94.1 Å². The van der Waals surface area contributed by atoms with Crippen molar-refractivity contribution in [1.82, 2.24) is 5.32 Å². The molecule has 0 heterocycles. The van der Waals surface area contributed by atoms with Crippen LogP contribution in [0.15, 0.2) is 60.7 Å². The van der Waals surface area contributed by atoms with Gasteiger partial charge in [-0.15, -0.1) is 0 Å². The number of fused-ring (bicyclic) bond motifs is 1. The maximum atomic E-state index is 12.9. The zero-order valence-electron chi connectivity index (χ0n) is 17.7. The van der Waals surface area contributed by atoms with Crippen LogP contribution in [0.3, 0.4) is 0 Å². The Balaban J connectivity index is 1.79. The normalized spacial score (nSPS) is 11.1. The first-order chi connectivity index (χ1) is 14.8. The summed E-state index contributed by atoms with van der Waals surface area (Å²) in [6.07, 6.45) is 0. The van der Waals surface area contributed by atoms with Gasteiger partial charge < -0.3 is 24.6 Å². The Morgan fingerprint density at radius 2 is 1.65 bits per heavy atom. The van der Waals surface area contributed by atoms with Gasteiger partial charge in [0.25, 0.3) is 5.91 Å². The molecular formula is C24H25NO6. The van der Waals surface area contributed by atoms with Crippen LogP contribution in [0.1, 0.15) is 24.2 Å². The van der Waals surface area contributed by atoms with Crippen LogP contribution in [0.25, 0.3) is 10.8 Å². The Morgan fingerprint density at radius 1 is 0.935 bits per heavy atom. The van der Waals surface area contributed by atoms with E-state index in [4.69, 9.17) is 14.2 Å². The lowest BCUT2D eigenvalue weighted by Crippen LogP contribution is -2.49. The molecule has 0 radical (unpaired) electrons. The van der Waals surface area contributed by atoms with Gasteiger partial charge >= 0.3 is 5.97 Å². The maximum Gasteiger partial charge on any atom is 0.328 e. The third kappa shape index (κ3) is 5.25. The van der Waals surface area contributed by atoms with Crippen LogP contribution in [-0.2, 0) is 4.79 Å². The van der Waals surface area contributed by atoms with E-state index in [9.17, 15) is 14.7 Å². The highest BCUT2D eigenvalue weighted by atomic mass is 16.5. The van der Waals surface area contributed by atoms with Crippen molar-refractivity contribution in [2.24, 2.45) is 0 Å². The fourth-order valence-corrected chi connectivity index (χ4v) is 2.98. The monoisotopic (exact) mass is 423 g/mol. The minimum atomic E-state index is -1.42. The maximum absolute atomic E-state index is 12.9. The molecule has 0 aromatic heterocycles. The summed E-state index contributed by atoms with van der Waals surface area (Å²) < 4.78 is 16.9. The zero-order chi connectivity index (χ0) is 22.4. The molecule has 0 fully saturated rings. The second-order valence-electron chi connectivity index (χ2n) is 7.42. The summed E-state index contributed by atoms with van der Waals surface area (Å²) in [4.78, 5) is 24.3. The third-order valence-corrected chi connectivity index (χ3v) is 4.72. The third-order valence-electron chi connectivity index (χ3n) is 4.72.